The van der Waals surface area contributed by atoms with Crippen LogP contribution in [0.3, 0.4) is 0 Å². The van der Waals surface area contributed by atoms with Crippen LogP contribution in [0.25, 0.3) is 5.65 Å². The molecule has 0 radical (unpaired) electrons. The van der Waals surface area contributed by atoms with Gasteiger partial charge in [0.25, 0.3) is 0 Å². The number of carbonyl (C=O) groups is 1. The number of nitrogens with one attached hydrogen (secondary N) is 3. The minimum atomic E-state index is -0.0368. The predicted octanol–water partition coefficient (Wildman–Crippen LogP) is 0.725. The van der Waals surface area contributed by atoms with E-state index in [1.807, 2.05) is 30.6 Å². The molecular weight excluding hydrogens is 302 g/mol. The standard InChI is InChI=1S/C18H25N5O/c24-17(15-11-18(13-22-15)5-8-19-9-6-18)20-7-4-14-12-21-16-3-1-2-10-23(14)16/h1-3,10,12,15,19,22H,4-9,11,13H2,(H,20,24). The van der Waals surface area contributed by atoms with Gasteiger partial charge in [0.1, 0.15) is 5.65 Å². The summed E-state index contributed by atoms with van der Waals surface area (Å²) in [5.41, 5.74) is 2.40. The lowest BCUT2D eigenvalue weighted by atomic mass is 9.77. The molecule has 2 aromatic rings. The first kappa shape index (κ1) is 15.6. The average molecular weight is 327 g/mol. The normalized spacial score (nSPS) is 22.9. The summed E-state index contributed by atoms with van der Waals surface area (Å²) in [5, 5.41) is 9.93. The van der Waals surface area contributed by atoms with Gasteiger partial charge in [-0.15, -0.1) is 0 Å². The number of fused-ring (bicyclic) bond motifs is 1. The third-order valence-corrected chi connectivity index (χ3v) is 5.52. The van der Waals surface area contributed by atoms with Gasteiger partial charge in [-0.05, 0) is 49.9 Å². The van der Waals surface area contributed by atoms with Crippen LogP contribution in [0.4, 0.5) is 0 Å². The van der Waals surface area contributed by atoms with E-state index in [4.69, 9.17) is 0 Å². The number of hydrogen-bond donors (Lipinski definition) is 3. The molecule has 3 N–H and O–H groups in total. The first-order chi connectivity index (χ1) is 11.8. The molecule has 2 aliphatic rings. The van der Waals surface area contributed by atoms with Crippen molar-refractivity contribution in [3.8, 4) is 0 Å². The maximum Gasteiger partial charge on any atom is 0.237 e. The van der Waals surface area contributed by atoms with Gasteiger partial charge in [-0.2, -0.15) is 0 Å². The molecule has 0 aromatic carbocycles. The Morgan fingerprint density at radius 3 is 3.12 bits per heavy atom. The first-order valence-electron chi connectivity index (χ1n) is 8.89. The second-order valence-electron chi connectivity index (χ2n) is 7.11. The highest BCUT2D eigenvalue weighted by Gasteiger charge is 2.41. The summed E-state index contributed by atoms with van der Waals surface area (Å²) in [6.07, 6.45) is 8.00. The summed E-state index contributed by atoms with van der Waals surface area (Å²) in [5.74, 6) is 0.138. The van der Waals surface area contributed by atoms with E-state index in [0.29, 0.717) is 12.0 Å². The molecule has 2 fully saturated rings. The van der Waals surface area contributed by atoms with Crippen molar-refractivity contribution >= 4 is 11.6 Å². The van der Waals surface area contributed by atoms with Gasteiger partial charge in [0.2, 0.25) is 5.91 Å². The third kappa shape index (κ3) is 3.03. The third-order valence-electron chi connectivity index (χ3n) is 5.52. The molecule has 6 heteroatoms. The summed E-state index contributed by atoms with van der Waals surface area (Å²) in [4.78, 5) is 16.8. The van der Waals surface area contributed by atoms with Gasteiger partial charge in [-0.25, -0.2) is 4.98 Å². The summed E-state index contributed by atoms with van der Waals surface area (Å²) in [7, 11) is 0. The molecule has 2 saturated heterocycles. The molecule has 0 aliphatic carbocycles. The van der Waals surface area contributed by atoms with Crippen LogP contribution in [-0.4, -0.2) is 47.5 Å². The minimum Gasteiger partial charge on any atom is -0.354 e. The van der Waals surface area contributed by atoms with Crippen LogP contribution in [0, 0.1) is 5.41 Å². The Kier molecular flexibility index (Phi) is 4.24. The average Bonchev–Trinajstić information content (AvgIpc) is 3.21. The number of piperidine rings is 1. The fourth-order valence-electron chi connectivity index (χ4n) is 4.05. The monoisotopic (exact) mass is 327 g/mol. The lowest BCUT2D eigenvalue weighted by molar-refractivity contribution is -0.122. The maximum absolute atomic E-state index is 12.5. The number of amides is 1. The summed E-state index contributed by atoms with van der Waals surface area (Å²) in [6.45, 7) is 3.77. The zero-order valence-corrected chi connectivity index (χ0v) is 13.9. The smallest absolute Gasteiger partial charge is 0.237 e. The number of aromatic nitrogens is 2. The van der Waals surface area contributed by atoms with Crippen LogP contribution in [0.1, 0.15) is 25.0 Å². The lowest BCUT2D eigenvalue weighted by Gasteiger charge is -2.33. The van der Waals surface area contributed by atoms with Crippen LogP contribution in [0.5, 0.6) is 0 Å². The topological polar surface area (TPSA) is 70.5 Å². The molecule has 1 spiro atoms. The SMILES string of the molecule is O=C(NCCc1cnc2ccccn12)C1CC2(CCNCC2)CN1. The van der Waals surface area contributed by atoms with E-state index in [0.717, 1.165) is 43.8 Å². The molecule has 24 heavy (non-hydrogen) atoms. The Morgan fingerprint density at radius 2 is 2.25 bits per heavy atom. The molecule has 4 heterocycles. The number of rotatable bonds is 4. The van der Waals surface area contributed by atoms with Crippen LogP contribution >= 0.6 is 0 Å². The molecule has 1 amide bonds. The van der Waals surface area contributed by atoms with Gasteiger partial charge in [-0.3, -0.25) is 4.79 Å². The van der Waals surface area contributed by atoms with Crippen molar-refractivity contribution in [1.29, 1.82) is 0 Å². The zero-order valence-electron chi connectivity index (χ0n) is 13.9. The highest BCUT2D eigenvalue weighted by molar-refractivity contribution is 5.82. The fraction of sp³-hybridized carbons (Fsp3) is 0.556. The second kappa shape index (κ2) is 6.53. The van der Waals surface area contributed by atoms with Gasteiger partial charge < -0.3 is 20.4 Å². The molecule has 1 atom stereocenters. The van der Waals surface area contributed by atoms with Crippen LogP contribution < -0.4 is 16.0 Å². The molecule has 1 unspecified atom stereocenters. The van der Waals surface area contributed by atoms with Crippen LogP contribution in [0.2, 0.25) is 0 Å². The van der Waals surface area contributed by atoms with E-state index in [1.165, 1.54) is 12.8 Å². The van der Waals surface area contributed by atoms with E-state index < -0.39 is 0 Å². The summed E-state index contributed by atoms with van der Waals surface area (Å²) in [6, 6.07) is 5.93. The van der Waals surface area contributed by atoms with E-state index in [-0.39, 0.29) is 11.9 Å². The van der Waals surface area contributed by atoms with Crippen LogP contribution in [0.15, 0.2) is 30.6 Å². The Morgan fingerprint density at radius 1 is 1.38 bits per heavy atom. The van der Waals surface area contributed by atoms with E-state index >= 15 is 0 Å². The van der Waals surface area contributed by atoms with Gasteiger partial charge >= 0.3 is 0 Å². The number of carbonyl (C=O) groups excluding carboxylic acids is 1. The molecule has 6 nitrogen and oxygen atoms in total. The quantitative estimate of drug-likeness (QED) is 0.774. The van der Waals surface area contributed by atoms with Crippen molar-refractivity contribution in [2.75, 3.05) is 26.2 Å². The molecule has 0 saturated carbocycles. The molecular formula is C18H25N5O. The largest absolute Gasteiger partial charge is 0.354 e. The molecule has 4 rings (SSSR count). The van der Waals surface area contributed by atoms with Gasteiger partial charge in [-0.1, -0.05) is 6.07 Å². The van der Waals surface area contributed by atoms with Gasteiger partial charge in [0, 0.05) is 37.6 Å². The van der Waals surface area contributed by atoms with Gasteiger partial charge in [0.15, 0.2) is 0 Å². The van der Waals surface area contributed by atoms with E-state index in [2.05, 4.69) is 25.3 Å². The van der Waals surface area contributed by atoms with E-state index in [1.54, 1.807) is 0 Å². The second-order valence-corrected chi connectivity index (χ2v) is 7.11. The summed E-state index contributed by atoms with van der Waals surface area (Å²) < 4.78 is 2.07. The molecule has 2 aliphatic heterocycles. The number of nitrogens with zero attached hydrogens (tertiary/aromatic N) is 2. The van der Waals surface area contributed by atoms with Crippen molar-refractivity contribution in [2.45, 2.75) is 31.7 Å². The van der Waals surface area contributed by atoms with Gasteiger partial charge in [0.05, 0.1) is 6.04 Å². The number of hydrogen-bond acceptors (Lipinski definition) is 4. The summed E-state index contributed by atoms with van der Waals surface area (Å²) >= 11 is 0. The molecule has 128 valence electrons. The lowest BCUT2D eigenvalue weighted by Crippen LogP contribution is -2.41. The van der Waals surface area contributed by atoms with Crippen LogP contribution in [-0.2, 0) is 11.2 Å². The van der Waals surface area contributed by atoms with Crippen molar-refractivity contribution < 1.29 is 4.79 Å². The van der Waals surface area contributed by atoms with Crippen molar-refractivity contribution in [1.82, 2.24) is 25.3 Å². The fourth-order valence-corrected chi connectivity index (χ4v) is 4.05. The predicted molar refractivity (Wildman–Crippen MR) is 92.9 cm³/mol. The number of imidazole rings is 1. The zero-order chi connectivity index (χ0) is 16.4. The van der Waals surface area contributed by atoms with Crippen molar-refractivity contribution in [2.24, 2.45) is 5.41 Å². The Bertz CT molecular complexity index is 719. The number of pyridine rings is 1. The minimum absolute atomic E-state index is 0.0368. The van der Waals surface area contributed by atoms with Crippen molar-refractivity contribution in [3.05, 3.63) is 36.3 Å². The van der Waals surface area contributed by atoms with Crippen molar-refractivity contribution in [3.63, 3.8) is 0 Å². The maximum atomic E-state index is 12.5. The highest BCUT2D eigenvalue weighted by Crippen LogP contribution is 2.37. The first-order valence-corrected chi connectivity index (χ1v) is 8.89. The highest BCUT2D eigenvalue weighted by atomic mass is 16.2. The molecule has 2 aromatic heterocycles. The Balaban J connectivity index is 1.29. The Labute approximate surface area is 142 Å². The Hall–Kier alpha value is -1.92. The van der Waals surface area contributed by atoms with E-state index in [9.17, 15) is 4.79 Å². The molecule has 0 bridgehead atoms.